The second-order valence-corrected chi connectivity index (χ2v) is 4.93. The minimum Gasteiger partial charge on any atom is -0.494 e. The quantitative estimate of drug-likeness (QED) is 0.391. The molecule has 0 atom stereocenters. The molecule has 0 bridgehead atoms. The molecule has 0 radical (unpaired) electrons. The number of para-hydroxylation sites is 1. The van der Waals surface area contributed by atoms with Crippen LogP contribution in [0, 0.1) is 0 Å². The Morgan fingerprint density at radius 1 is 1.26 bits per heavy atom. The number of halogens is 1. The molecule has 0 aromatic heterocycles. The highest BCUT2D eigenvalue weighted by Gasteiger charge is 2.06. The van der Waals surface area contributed by atoms with Crippen LogP contribution in [-0.2, 0) is 11.3 Å². The summed E-state index contributed by atoms with van der Waals surface area (Å²) in [6.45, 7) is 3.75. The first-order chi connectivity index (χ1) is 10.6. The van der Waals surface area contributed by atoms with E-state index in [0.29, 0.717) is 32.1 Å². The van der Waals surface area contributed by atoms with Gasteiger partial charge in [-0.05, 0) is 13.0 Å². The molecule has 1 aromatic rings. The topological polar surface area (TPSA) is 66.0 Å². The van der Waals surface area contributed by atoms with E-state index in [1.165, 1.54) is 0 Å². The molecule has 130 valence electrons. The zero-order valence-corrected chi connectivity index (χ0v) is 16.6. The third-order valence-corrected chi connectivity index (χ3v) is 3.07. The van der Waals surface area contributed by atoms with Gasteiger partial charge in [0.25, 0.3) is 0 Å². The molecule has 0 unspecified atom stereocenters. The van der Waals surface area contributed by atoms with Gasteiger partial charge in [0.05, 0.1) is 6.61 Å². The van der Waals surface area contributed by atoms with Crippen molar-refractivity contribution in [3.05, 3.63) is 29.8 Å². The number of nitrogens with one attached hydrogen (secondary N) is 2. The largest absolute Gasteiger partial charge is 0.494 e. The van der Waals surface area contributed by atoms with Crippen LogP contribution in [0.1, 0.15) is 18.9 Å². The van der Waals surface area contributed by atoms with Gasteiger partial charge in [0.15, 0.2) is 5.96 Å². The minimum absolute atomic E-state index is 0. The summed E-state index contributed by atoms with van der Waals surface area (Å²) in [6, 6.07) is 7.90. The summed E-state index contributed by atoms with van der Waals surface area (Å²) >= 11 is 0. The molecule has 0 aliphatic rings. The van der Waals surface area contributed by atoms with Gasteiger partial charge in [-0.2, -0.15) is 0 Å². The molecule has 0 fully saturated rings. The van der Waals surface area contributed by atoms with E-state index in [2.05, 4.69) is 15.6 Å². The number of hydrogen-bond acceptors (Lipinski definition) is 3. The summed E-state index contributed by atoms with van der Waals surface area (Å²) in [6.07, 6.45) is 0.434. The molecule has 0 saturated heterocycles. The summed E-state index contributed by atoms with van der Waals surface area (Å²) in [5, 5.41) is 6.35. The Morgan fingerprint density at radius 3 is 2.57 bits per heavy atom. The van der Waals surface area contributed by atoms with Crippen molar-refractivity contribution in [1.29, 1.82) is 0 Å². The summed E-state index contributed by atoms with van der Waals surface area (Å²) in [4.78, 5) is 17.2. The number of ether oxygens (including phenoxy) is 1. The van der Waals surface area contributed by atoms with E-state index in [9.17, 15) is 4.79 Å². The third kappa shape index (κ3) is 8.06. The Balaban J connectivity index is 0.00000484. The summed E-state index contributed by atoms with van der Waals surface area (Å²) in [7, 11) is 5.21. The van der Waals surface area contributed by atoms with Crippen LogP contribution in [0.2, 0.25) is 0 Å². The second-order valence-electron chi connectivity index (χ2n) is 4.93. The molecule has 1 rings (SSSR count). The summed E-state index contributed by atoms with van der Waals surface area (Å²) in [5.74, 6) is 1.62. The number of benzene rings is 1. The summed E-state index contributed by atoms with van der Waals surface area (Å²) in [5.41, 5.74) is 1.07. The lowest BCUT2D eigenvalue weighted by Gasteiger charge is -2.15. The Kier molecular flexibility index (Phi) is 11.2. The average Bonchev–Trinajstić information content (AvgIpc) is 2.51. The van der Waals surface area contributed by atoms with Crippen LogP contribution in [0.4, 0.5) is 0 Å². The van der Waals surface area contributed by atoms with E-state index in [4.69, 9.17) is 4.74 Å². The second kappa shape index (κ2) is 12.0. The predicted molar refractivity (Wildman–Crippen MR) is 105 cm³/mol. The first-order valence-corrected chi connectivity index (χ1v) is 7.43. The number of hydrogen-bond donors (Lipinski definition) is 2. The smallest absolute Gasteiger partial charge is 0.223 e. The van der Waals surface area contributed by atoms with E-state index in [1.54, 1.807) is 26.0 Å². The molecule has 1 amide bonds. The van der Waals surface area contributed by atoms with Crippen molar-refractivity contribution in [3.63, 3.8) is 0 Å². The van der Waals surface area contributed by atoms with E-state index in [0.717, 1.165) is 11.3 Å². The van der Waals surface area contributed by atoms with Crippen molar-refractivity contribution in [2.45, 2.75) is 19.9 Å². The fourth-order valence-electron chi connectivity index (χ4n) is 1.86. The molecule has 6 nitrogen and oxygen atoms in total. The van der Waals surface area contributed by atoms with Crippen LogP contribution < -0.4 is 15.4 Å². The van der Waals surface area contributed by atoms with E-state index < -0.39 is 0 Å². The lowest BCUT2D eigenvalue weighted by atomic mass is 10.2. The Hall–Kier alpha value is -1.51. The maximum atomic E-state index is 11.5. The lowest BCUT2D eigenvalue weighted by molar-refractivity contribution is -0.128. The predicted octanol–water partition coefficient (Wildman–Crippen LogP) is 1.85. The molecule has 0 saturated carbocycles. The zero-order valence-electron chi connectivity index (χ0n) is 14.3. The van der Waals surface area contributed by atoms with Gasteiger partial charge in [-0.1, -0.05) is 18.2 Å². The Morgan fingerprint density at radius 2 is 1.96 bits per heavy atom. The fourth-order valence-corrected chi connectivity index (χ4v) is 1.86. The zero-order chi connectivity index (χ0) is 16.4. The van der Waals surface area contributed by atoms with Crippen LogP contribution >= 0.6 is 24.0 Å². The number of carbonyl (C=O) groups is 1. The van der Waals surface area contributed by atoms with Gasteiger partial charge in [0, 0.05) is 46.2 Å². The standard InChI is InChI=1S/C16H26N4O2.HI/c1-5-22-14-9-7-6-8-13(14)12-19-16(17-2)18-11-10-15(21)20(3)4;/h6-9H,5,10-12H2,1-4H3,(H2,17,18,19);1H. The van der Waals surface area contributed by atoms with Crippen LogP contribution in [0.5, 0.6) is 5.75 Å². The fraction of sp³-hybridized carbons (Fsp3) is 0.500. The molecule has 7 heteroatoms. The van der Waals surface area contributed by atoms with E-state index in [-0.39, 0.29) is 29.9 Å². The Bertz CT molecular complexity index is 507. The van der Waals surface area contributed by atoms with Crippen LogP contribution in [-0.4, -0.2) is 51.1 Å². The Labute approximate surface area is 155 Å². The van der Waals surface area contributed by atoms with Crippen molar-refractivity contribution in [3.8, 4) is 5.75 Å². The molecular formula is C16H27IN4O2. The van der Waals surface area contributed by atoms with Crippen LogP contribution in [0.15, 0.2) is 29.3 Å². The number of aliphatic imine (C=N–C) groups is 1. The van der Waals surface area contributed by atoms with Crippen molar-refractivity contribution >= 4 is 35.8 Å². The molecule has 2 N–H and O–H groups in total. The molecule has 0 spiro atoms. The van der Waals surface area contributed by atoms with Gasteiger partial charge in [-0.15, -0.1) is 24.0 Å². The minimum atomic E-state index is 0. The average molecular weight is 434 g/mol. The number of guanidine groups is 1. The van der Waals surface area contributed by atoms with Crippen molar-refractivity contribution in [1.82, 2.24) is 15.5 Å². The highest BCUT2D eigenvalue weighted by molar-refractivity contribution is 14.0. The van der Waals surface area contributed by atoms with Crippen molar-refractivity contribution in [2.24, 2.45) is 4.99 Å². The first-order valence-electron chi connectivity index (χ1n) is 7.43. The summed E-state index contributed by atoms with van der Waals surface area (Å²) < 4.78 is 5.59. The maximum Gasteiger partial charge on any atom is 0.223 e. The molecule has 0 aliphatic carbocycles. The van der Waals surface area contributed by atoms with Gasteiger partial charge in [-0.25, -0.2) is 0 Å². The first kappa shape index (κ1) is 21.5. The van der Waals surface area contributed by atoms with Gasteiger partial charge >= 0.3 is 0 Å². The SMILES string of the molecule is CCOc1ccccc1CNC(=NC)NCCC(=O)N(C)C.I. The van der Waals surface area contributed by atoms with Gasteiger partial charge in [-0.3, -0.25) is 9.79 Å². The monoisotopic (exact) mass is 434 g/mol. The van der Waals surface area contributed by atoms with Crippen molar-refractivity contribution < 1.29 is 9.53 Å². The van der Waals surface area contributed by atoms with Crippen LogP contribution in [0.25, 0.3) is 0 Å². The number of rotatable bonds is 7. The highest BCUT2D eigenvalue weighted by Crippen LogP contribution is 2.17. The lowest BCUT2D eigenvalue weighted by Crippen LogP contribution is -2.38. The number of nitrogens with zero attached hydrogens (tertiary/aromatic N) is 2. The highest BCUT2D eigenvalue weighted by atomic mass is 127. The van der Waals surface area contributed by atoms with Crippen LogP contribution in [0.3, 0.4) is 0 Å². The molecular weight excluding hydrogens is 407 g/mol. The van der Waals surface area contributed by atoms with Crippen molar-refractivity contribution in [2.75, 3.05) is 34.3 Å². The molecule has 0 aliphatic heterocycles. The number of carbonyl (C=O) groups excluding carboxylic acids is 1. The van der Waals surface area contributed by atoms with Gasteiger partial charge in [0.1, 0.15) is 5.75 Å². The molecule has 0 heterocycles. The van der Waals surface area contributed by atoms with E-state index in [1.807, 2.05) is 31.2 Å². The maximum absolute atomic E-state index is 11.5. The molecule has 23 heavy (non-hydrogen) atoms. The van der Waals surface area contributed by atoms with E-state index >= 15 is 0 Å². The van der Waals surface area contributed by atoms with Gasteiger partial charge in [0.2, 0.25) is 5.91 Å². The third-order valence-electron chi connectivity index (χ3n) is 3.07. The number of amides is 1. The normalized spacial score (nSPS) is 10.5. The van der Waals surface area contributed by atoms with Gasteiger partial charge < -0.3 is 20.3 Å². The molecule has 1 aromatic carbocycles.